The Labute approximate surface area is 133 Å². The number of carbonyl (C=O) groups excluding carboxylic acids is 1. The molecular weight excluding hydrogens is 320 g/mol. The second-order valence-corrected chi connectivity index (χ2v) is 8.08. The van der Waals surface area contributed by atoms with Crippen LogP contribution in [-0.4, -0.2) is 26.6 Å². The molecule has 116 valence electrons. The molecule has 0 saturated heterocycles. The number of hydrogen-bond acceptors (Lipinski definition) is 4. The van der Waals surface area contributed by atoms with Crippen LogP contribution in [0.5, 0.6) is 0 Å². The smallest absolute Gasteiger partial charge is 0.265 e. The molecule has 1 aliphatic rings. The Morgan fingerprint density at radius 3 is 2.41 bits per heavy atom. The lowest BCUT2D eigenvalue weighted by Gasteiger charge is -2.22. The van der Waals surface area contributed by atoms with Gasteiger partial charge in [0.2, 0.25) is 10.0 Å². The molecule has 7 heteroatoms. The average molecular weight is 336 g/mol. The van der Waals surface area contributed by atoms with Gasteiger partial charge in [-0.1, -0.05) is 6.07 Å². The van der Waals surface area contributed by atoms with E-state index in [1.807, 2.05) is 11.4 Å². The molecule has 22 heavy (non-hydrogen) atoms. The molecule has 0 atom stereocenters. The van der Waals surface area contributed by atoms with E-state index in [9.17, 15) is 13.2 Å². The maximum Gasteiger partial charge on any atom is 0.265 e. The highest BCUT2D eigenvalue weighted by Crippen LogP contribution is 2.34. The maximum absolute atomic E-state index is 12.0. The number of anilines is 2. The largest absolute Gasteiger partial charge is 0.321 e. The van der Waals surface area contributed by atoms with Crippen molar-refractivity contribution in [1.29, 1.82) is 0 Å². The topological polar surface area (TPSA) is 66.5 Å². The van der Waals surface area contributed by atoms with Gasteiger partial charge in [0.05, 0.1) is 16.8 Å². The van der Waals surface area contributed by atoms with E-state index in [0.717, 1.165) is 12.8 Å². The Balaban J connectivity index is 1.76. The van der Waals surface area contributed by atoms with Gasteiger partial charge in [0.15, 0.2) is 0 Å². The van der Waals surface area contributed by atoms with Crippen LogP contribution >= 0.6 is 11.3 Å². The number of nitrogens with zero attached hydrogens (tertiary/aromatic N) is 1. The first-order chi connectivity index (χ1) is 10.4. The molecule has 1 fully saturated rings. The van der Waals surface area contributed by atoms with E-state index in [-0.39, 0.29) is 11.9 Å². The van der Waals surface area contributed by atoms with Crippen molar-refractivity contribution in [1.82, 2.24) is 0 Å². The van der Waals surface area contributed by atoms with Crippen molar-refractivity contribution in [2.45, 2.75) is 18.9 Å². The summed E-state index contributed by atoms with van der Waals surface area (Å²) in [6.45, 7) is 0. The van der Waals surface area contributed by atoms with Crippen LogP contribution in [0.2, 0.25) is 0 Å². The molecule has 3 rings (SSSR count). The van der Waals surface area contributed by atoms with E-state index in [0.29, 0.717) is 16.3 Å². The van der Waals surface area contributed by atoms with Gasteiger partial charge in [-0.25, -0.2) is 8.42 Å². The highest BCUT2D eigenvalue weighted by molar-refractivity contribution is 7.92. The molecule has 1 aromatic carbocycles. The third-order valence-electron chi connectivity index (χ3n) is 3.36. The Kier molecular flexibility index (Phi) is 3.92. The van der Waals surface area contributed by atoms with Crippen molar-refractivity contribution in [2.24, 2.45) is 0 Å². The first kappa shape index (κ1) is 15.1. The Hall–Kier alpha value is -1.86. The van der Waals surface area contributed by atoms with E-state index in [1.54, 1.807) is 30.3 Å². The third-order valence-corrected chi connectivity index (χ3v) is 5.45. The zero-order valence-electron chi connectivity index (χ0n) is 12.0. The quantitative estimate of drug-likeness (QED) is 0.913. The van der Waals surface area contributed by atoms with Gasteiger partial charge in [-0.05, 0) is 48.6 Å². The maximum atomic E-state index is 12.0. The first-order valence-corrected chi connectivity index (χ1v) is 9.62. The van der Waals surface area contributed by atoms with Gasteiger partial charge >= 0.3 is 0 Å². The van der Waals surface area contributed by atoms with Crippen LogP contribution in [0, 0.1) is 0 Å². The number of carbonyl (C=O) groups is 1. The molecular formula is C15H16N2O3S2. The van der Waals surface area contributed by atoms with Crippen LogP contribution in [0.4, 0.5) is 11.4 Å². The molecule has 1 N–H and O–H groups in total. The number of amides is 1. The van der Waals surface area contributed by atoms with Crippen LogP contribution in [0.3, 0.4) is 0 Å². The minimum Gasteiger partial charge on any atom is -0.321 e. The monoisotopic (exact) mass is 336 g/mol. The molecule has 1 aliphatic carbocycles. The lowest BCUT2D eigenvalue weighted by molar-refractivity contribution is 0.103. The van der Waals surface area contributed by atoms with Crippen LogP contribution in [0.15, 0.2) is 41.8 Å². The van der Waals surface area contributed by atoms with Crippen LogP contribution in [0.1, 0.15) is 22.5 Å². The van der Waals surface area contributed by atoms with Crippen molar-refractivity contribution >= 4 is 38.6 Å². The van der Waals surface area contributed by atoms with Crippen LogP contribution in [0.25, 0.3) is 0 Å². The van der Waals surface area contributed by atoms with E-state index >= 15 is 0 Å². The second-order valence-electron chi connectivity index (χ2n) is 5.27. The highest BCUT2D eigenvalue weighted by atomic mass is 32.2. The molecule has 5 nitrogen and oxygen atoms in total. The minimum absolute atomic E-state index is 0.0709. The first-order valence-electron chi connectivity index (χ1n) is 6.89. The summed E-state index contributed by atoms with van der Waals surface area (Å²) in [6.07, 6.45) is 3.01. The molecule has 0 spiro atoms. The molecule has 1 saturated carbocycles. The minimum atomic E-state index is -3.28. The molecule has 1 amide bonds. The van der Waals surface area contributed by atoms with E-state index in [4.69, 9.17) is 0 Å². The lowest BCUT2D eigenvalue weighted by Crippen LogP contribution is -2.31. The standard InChI is InChI=1S/C15H16N2O3S2/c1-22(19,20)17(13-8-9-13)12-6-4-11(5-7-12)16-15(18)14-3-2-10-21-14/h2-7,10,13H,8-9H2,1H3,(H,16,18). The van der Waals surface area contributed by atoms with Gasteiger partial charge < -0.3 is 5.32 Å². The normalized spacial score (nSPS) is 14.6. The predicted octanol–water partition coefficient (Wildman–Crippen LogP) is 2.93. The highest BCUT2D eigenvalue weighted by Gasteiger charge is 2.35. The van der Waals surface area contributed by atoms with Gasteiger partial charge in [-0.15, -0.1) is 11.3 Å². The fourth-order valence-corrected chi connectivity index (χ4v) is 4.15. The zero-order chi connectivity index (χ0) is 15.7. The van der Waals surface area contributed by atoms with Gasteiger partial charge in [0, 0.05) is 11.7 Å². The summed E-state index contributed by atoms with van der Waals surface area (Å²) in [4.78, 5) is 12.6. The summed E-state index contributed by atoms with van der Waals surface area (Å²) in [5.74, 6) is -0.162. The summed E-state index contributed by atoms with van der Waals surface area (Å²) in [6, 6.07) is 10.5. The summed E-state index contributed by atoms with van der Waals surface area (Å²) >= 11 is 1.37. The van der Waals surface area contributed by atoms with Crippen molar-refractivity contribution < 1.29 is 13.2 Å². The van der Waals surface area contributed by atoms with Crippen LogP contribution < -0.4 is 9.62 Å². The molecule has 0 bridgehead atoms. The Morgan fingerprint density at radius 1 is 1.23 bits per heavy atom. The van der Waals surface area contributed by atoms with Crippen molar-refractivity contribution in [2.75, 3.05) is 15.9 Å². The zero-order valence-corrected chi connectivity index (χ0v) is 13.7. The predicted molar refractivity (Wildman–Crippen MR) is 89.1 cm³/mol. The van der Waals surface area contributed by atoms with E-state index in [1.165, 1.54) is 21.9 Å². The van der Waals surface area contributed by atoms with Crippen LogP contribution in [-0.2, 0) is 10.0 Å². The fourth-order valence-electron chi connectivity index (χ4n) is 2.27. The second kappa shape index (κ2) is 5.73. The molecule has 0 aliphatic heterocycles. The molecule has 0 radical (unpaired) electrons. The number of rotatable bonds is 5. The average Bonchev–Trinajstić information content (AvgIpc) is 3.11. The van der Waals surface area contributed by atoms with Gasteiger partial charge in [0.1, 0.15) is 0 Å². The number of hydrogen-bond donors (Lipinski definition) is 1. The van der Waals surface area contributed by atoms with E-state index in [2.05, 4.69) is 5.32 Å². The van der Waals surface area contributed by atoms with Gasteiger partial charge in [-0.3, -0.25) is 9.10 Å². The third kappa shape index (κ3) is 3.31. The summed E-state index contributed by atoms with van der Waals surface area (Å²) in [5, 5.41) is 4.64. The molecule has 1 heterocycles. The molecule has 1 aromatic heterocycles. The number of sulfonamides is 1. The fraction of sp³-hybridized carbons (Fsp3) is 0.267. The van der Waals surface area contributed by atoms with Crippen molar-refractivity contribution in [3.8, 4) is 0 Å². The summed E-state index contributed by atoms with van der Waals surface area (Å²) < 4.78 is 25.2. The molecule has 0 unspecified atom stereocenters. The number of nitrogens with one attached hydrogen (secondary N) is 1. The number of benzene rings is 1. The number of thiophene rings is 1. The molecule has 2 aromatic rings. The van der Waals surface area contributed by atoms with Crippen molar-refractivity contribution in [3.05, 3.63) is 46.7 Å². The summed E-state index contributed by atoms with van der Waals surface area (Å²) in [7, 11) is -3.28. The SMILES string of the molecule is CS(=O)(=O)N(c1ccc(NC(=O)c2cccs2)cc1)C1CC1. The van der Waals surface area contributed by atoms with Gasteiger partial charge in [-0.2, -0.15) is 0 Å². The summed E-state index contributed by atoms with van der Waals surface area (Å²) in [5.41, 5.74) is 1.28. The Morgan fingerprint density at radius 2 is 1.91 bits per heavy atom. The van der Waals surface area contributed by atoms with Crippen molar-refractivity contribution in [3.63, 3.8) is 0 Å². The van der Waals surface area contributed by atoms with E-state index < -0.39 is 10.0 Å². The Bertz CT molecular complexity index is 764. The van der Waals surface area contributed by atoms with Gasteiger partial charge in [0.25, 0.3) is 5.91 Å². The lowest BCUT2D eigenvalue weighted by atomic mass is 10.2.